The Bertz CT molecular complexity index is 1190. The van der Waals surface area contributed by atoms with Crippen molar-refractivity contribution in [2.24, 2.45) is 0 Å². The van der Waals surface area contributed by atoms with Crippen molar-refractivity contribution < 1.29 is 9.90 Å². The molecule has 0 aromatic carbocycles. The van der Waals surface area contributed by atoms with Crippen molar-refractivity contribution >= 4 is 17.0 Å². The van der Waals surface area contributed by atoms with Gasteiger partial charge in [-0.2, -0.15) is 5.10 Å². The van der Waals surface area contributed by atoms with Crippen LogP contribution in [0.15, 0.2) is 72.5 Å². The second-order valence-corrected chi connectivity index (χ2v) is 8.13. The van der Waals surface area contributed by atoms with E-state index in [1.54, 1.807) is 21.7 Å². The molecule has 2 aromatic rings. The highest BCUT2D eigenvalue weighted by molar-refractivity contribution is 5.99. The smallest absolute Gasteiger partial charge is 0.255 e. The van der Waals surface area contributed by atoms with E-state index in [-0.39, 0.29) is 12.5 Å². The maximum Gasteiger partial charge on any atom is 0.255 e. The second-order valence-electron chi connectivity index (χ2n) is 8.13. The molecule has 32 heavy (non-hydrogen) atoms. The molecule has 0 radical (unpaired) electrons. The largest absolute Gasteiger partial charge is 0.395 e. The molecule has 0 aliphatic carbocycles. The minimum Gasteiger partial charge on any atom is -0.395 e. The highest BCUT2D eigenvalue weighted by Crippen LogP contribution is 2.25. The van der Waals surface area contributed by atoms with E-state index in [9.17, 15) is 4.79 Å². The lowest BCUT2D eigenvalue weighted by molar-refractivity contribution is -0.122. The van der Waals surface area contributed by atoms with Gasteiger partial charge in [0.25, 0.3) is 5.91 Å². The maximum absolute atomic E-state index is 13.2. The lowest BCUT2D eigenvalue weighted by Gasteiger charge is -2.38. The number of aromatic nitrogens is 3. The van der Waals surface area contributed by atoms with Crippen LogP contribution in [0.2, 0.25) is 0 Å². The third-order valence-corrected chi connectivity index (χ3v) is 5.95. The van der Waals surface area contributed by atoms with Crippen LogP contribution in [-0.2, 0) is 4.79 Å². The number of amides is 1. The minimum atomic E-state index is -0.109. The normalized spacial score (nSPS) is 23.7. The van der Waals surface area contributed by atoms with E-state index in [0.29, 0.717) is 6.54 Å². The van der Waals surface area contributed by atoms with Gasteiger partial charge in [-0.1, -0.05) is 12.2 Å². The third kappa shape index (κ3) is 4.02. The molecule has 0 unspecified atom stereocenters. The molecule has 1 saturated heterocycles. The first-order valence-corrected chi connectivity index (χ1v) is 10.8. The van der Waals surface area contributed by atoms with Crippen LogP contribution < -0.4 is 0 Å². The van der Waals surface area contributed by atoms with Gasteiger partial charge in [0, 0.05) is 56.3 Å². The lowest BCUT2D eigenvalue weighted by Crippen LogP contribution is -2.47. The standard InChI is InChI=1S/C24H26N6O2/c1-18-16-30-22(15-25-18)14-23(26-30)19-3-2-4-20-5-6-21(17-29(20)24(32)13-19)28-9-7-27(8-10-28)11-12-31/h2-6,13-17,31H,7-12H2,1H3/b3-2+,19-13+,20-4+. The summed E-state index contributed by atoms with van der Waals surface area (Å²) in [6, 6.07) is 1.94. The molecule has 5 rings (SSSR count). The van der Waals surface area contributed by atoms with Crippen molar-refractivity contribution in [1.82, 2.24) is 29.3 Å². The van der Waals surface area contributed by atoms with Crippen LogP contribution in [0.25, 0.3) is 11.1 Å². The fourth-order valence-electron chi connectivity index (χ4n) is 4.17. The van der Waals surface area contributed by atoms with Crippen LogP contribution >= 0.6 is 0 Å². The Morgan fingerprint density at radius 3 is 2.72 bits per heavy atom. The Morgan fingerprint density at radius 1 is 1.09 bits per heavy atom. The van der Waals surface area contributed by atoms with Gasteiger partial charge in [0.15, 0.2) is 0 Å². The Hall–Kier alpha value is -3.49. The molecule has 0 atom stereocenters. The number of allylic oxidation sites excluding steroid dienone is 6. The summed E-state index contributed by atoms with van der Waals surface area (Å²) in [6.07, 6.45) is 17.1. The highest BCUT2D eigenvalue weighted by atomic mass is 16.3. The Labute approximate surface area is 186 Å². The molecule has 0 bridgehead atoms. The predicted molar refractivity (Wildman–Crippen MR) is 122 cm³/mol. The zero-order valence-corrected chi connectivity index (χ0v) is 18.1. The number of hydrogen-bond donors (Lipinski definition) is 1. The lowest BCUT2D eigenvalue weighted by atomic mass is 10.1. The van der Waals surface area contributed by atoms with E-state index >= 15 is 0 Å². The molecular formula is C24H26N6O2. The first-order valence-electron chi connectivity index (χ1n) is 10.8. The zero-order chi connectivity index (χ0) is 22.1. The topological polar surface area (TPSA) is 77.2 Å². The van der Waals surface area contributed by atoms with E-state index in [1.165, 1.54) is 0 Å². The van der Waals surface area contributed by atoms with Crippen LogP contribution in [0.1, 0.15) is 11.4 Å². The van der Waals surface area contributed by atoms with Gasteiger partial charge in [0.1, 0.15) is 0 Å². The molecule has 1 N–H and O–H groups in total. The van der Waals surface area contributed by atoms with Gasteiger partial charge in [0.05, 0.1) is 41.6 Å². The average Bonchev–Trinajstić information content (AvgIpc) is 3.21. The molecule has 3 aliphatic heterocycles. The van der Waals surface area contributed by atoms with Gasteiger partial charge in [-0.15, -0.1) is 0 Å². The minimum absolute atomic E-state index is 0.109. The Kier molecular flexibility index (Phi) is 5.46. The molecule has 5 heterocycles. The van der Waals surface area contributed by atoms with Crippen LogP contribution in [0.5, 0.6) is 0 Å². The van der Waals surface area contributed by atoms with Crippen molar-refractivity contribution in [1.29, 1.82) is 0 Å². The van der Waals surface area contributed by atoms with Crippen LogP contribution in [0, 0.1) is 6.92 Å². The third-order valence-electron chi connectivity index (χ3n) is 5.95. The molecule has 3 aliphatic rings. The van der Waals surface area contributed by atoms with E-state index in [1.807, 2.05) is 49.7 Å². The quantitative estimate of drug-likeness (QED) is 0.796. The van der Waals surface area contributed by atoms with E-state index in [2.05, 4.69) is 26.0 Å². The molecule has 1 fully saturated rings. The summed E-state index contributed by atoms with van der Waals surface area (Å²) in [5, 5.41) is 13.8. The van der Waals surface area contributed by atoms with Crippen molar-refractivity contribution in [2.75, 3.05) is 39.3 Å². The maximum atomic E-state index is 13.2. The van der Waals surface area contributed by atoms with Gasteiger partial charge in [-0.25, -0.2) is 4.52 Å². The van der Waals surface area contributed by atoms with Crippen molar-refractivity contribution in [3.05, 3.63) is 83.9 Å². The number of hydrogen-bond acceptors (Lipinski definition) is 6. The Balaban J connectivity index is 1.40. The van der Waals surface area contributed by atoms with Gasteiger partial charge in [0.2, 0.25) is 0 Å². The first kappa shape index (κ1) is 20.4. The van der Waals surface area contributed by atoms with Gasteiger partial charge >= 0.3 is 0 Å². The van der Waals surface area contributed by atoms with Crippen LogP contribution in [0.3, 0.4) is 0 Å². The average molecular weight is 431 g/mol. The summed E-state index contributed by atoms with van der Waals surface area (Å²) in [7, 11) is 0. The number of nitrogens with zero attached hydrogens (tertiary/aromatic N) is 6. The number of aryl methyl sites for hydroxylation is 1. The molecule has 164 valence electrons. The van der Waals surface area contributed by atoms with Gasteiger partial charge < -0.3 is 10.0 Å². The number of aliphatic hydroxyl groups is 1. The molecule has 0 spiro atoms. The fraction of sp³-hybridized carbons (Fsp3) is 0.292. The second kappa shape index (κ2) is 8.57. The predicted octanol–water partition coefficient (Wildman–Crippen LogP) is 1.72. The molecule has 8 nitrogen and oxygen atoms in total. The first-order chi connectivity index (χ1) is 15.6. The van der Waals surface area contributed by atoms with Crippen LogP contribution in [0.4, 0.5) is 0 Å². The van der Waals surface area contributed by atoms with Crippen molar-refractivity contribution in [3.63, 3.8) is 0 Å². The van der Waals surface area contributed by atoms with Gasteiger partial charge in [-0.05, 0) is 31.2 Å². The molecule has 2 aromatic heterocycles. The van der Waals surface area contributed by atoms with E-state index in [0.717, 1.165) is 60.1 Å². The molecular weight excluding hydrogens is 404 g/mol. The number of aliphatic hydroxyl groups excluding tert-OH is 1. The summed E-state index contributed by atoms with van der Waals surface area (Å²) in [5.41, 5.74) is 5.11. The number of carbonyl (C=O) groups excluding carboxylic acids is 1. The SMILES string of the molecule is Cc1cn2nc(C3=C\C(=O)N4C=C(N5CCN(CCO)CC5)C=C\C4=C/C=C/3)cc2cn1. The number of fused-ring (bicyclic) bond motifs is 2. The molecule has 1 amide bonds. The van der Waals surface area contributed by atoms with Crippen molar-refractivity contribution in [3.8, 4) is 0 Å². The summed E-state index contributed by atoms with van der Waals surface area (Å²) >= 11 is 0. The van der Waals surface area contributed by atoms with Crippen molar-refractivity contribution in [2.45, 2.75) is 6.92 Å². The summed E-state index contributed by atoms with van der Waals surface area (Å²) < 4.78 is 1.79. The molecule has 0 saturated carbocycles. The van der Waals surface area contributed by atoms with E-state index < -0.39 is 0 Å². The highest BCUT2D eigenvalue weighted by Gasteiger charge is 2.23. The number of β-amino-alcohol motifs (C(OH)–C–C–N with tert-alkyl or cyclic N) is 1. The van der Waals surface area contributed by atoms with E-state index in [4.69, 9.17) is 5.11 Å². The monoisotopic (exact) mass is 430 g/mol. The fourth-order valence-corrected chi connectivity index (χ4v) is 4.17. The Morgan fingerprint density at radius 2 is 1.91 bits per heavy atom. The van der Waals surface area contributed by atoms with Gasteiger partial charge in [-0.3, -0.25) is 19.6 Å². The number of piperazine rings is 1. The zero-order valence-electron chi connectivity index (χ0n) is 18.1. The summed E-state index contributed by atoms with van der Waals surface area (Å²) in [5.74, 6) is -0.109. The van der Waals surface area contributed by atoms with Crippen LogP contribution in [-0.4, -0.2) is 79.6 Å². The number of rotatable bonds is 4. The molecule has 8 heteroatoms. The summed E-state index contributed by atoms with van der Waals surface area (Å²) in [4.78, 5) is 23.8. The number of carbonyl (C=O) groups is 1. The summed E-state index contributed by atoms with van der Waals surface area (Å²) in [6.45, 7) is 6.35.